The van der Waals surface area contributed by atoms with Crippen LogP contribution in [0.2, 0.25) is 0 Å². The van der Waals surface area contributed by atoms with Crippen LogP contribution in [0.1, 0.15) is 0 Å². The molecule has 0 aromatic heterocycles. The molecule has 48 valence electrons. The third kappa shape index (κ3) is 2.51. The molecule has 0 spiro atoms. The van der Waals surface area contributed by atoms with E-state index < -0.39 is 22.3 Å². The molecule has 1 nitrogen and oxygen atoms in total. The molecule has 0 aliphatic heterocycles. The molecule has 0 atom stereocenters. The van der Waals surface area contributed by atoms with Crippen LogP contribution in [0.4, 0.5) is 5.69 Å². The van der Waals surface area contributed by atoms with E-state index in [1.165, 1.54) is 0 Å². The summed E-state index contributed by atoms with van der Waals surface area (Å²) in [5, 5.41) is 0. The first-order valence-electron chi connectivity index (χ1n) is 2.60. The Balaban J connectivity index is 2.61. The molecule has 1 N–H and O–H groups in total. The Bertz CT molecular complexity index is 166. The van der Waals surface area contributed by atoms with E-state index in [4.69, 9.17) is 8.51 Å². The average Bonchev–Trinajstić information content (AvgIpc) is 1.91. The van der Waals surface area contributed by atoms with Crippen LogP contribution >= 0.6 is 8.51 Å². The molecule has 1 rings (SSSR count). The van der Waals surface area contributed by atoms with Crippen LogP contribution in [0.5, 0.6) is 0 Å². The van der Waals surface area contributed by atoms with Crippen molar-refractivity contribution in [3.05, 3.63) is 30.3 Å². The Hall–Kier alpha value is 0.193. The van der Waals surface area contributed by atoms with Gasteiger partial charge in [-0.3, -0.25) is 0 Å². The van der Waals surface area contributed by atoms with E-state index in [0.717, 1.165) is 5.69 Å². The van der Waals surface area contributed by atoms with Gasteiger partial charge in [-0.15, -0.1) is 0 Å². The zero-order valence-corrected chi connectivity index (χ0v) is 9.41. The third-order valence-electron chi connectivity index (χ3n) is 0.965. The van der Waals surface area contributed by atoms with Gasteiger partial charge in [0.05, 0.1) is 0 Å². The minimum absolute atomic E-state index is 0.972. The summed E-state index contributed by atoms with van der Waals surface area (Å²) >= 11 is -0.972. The summed E-state index contributed by atoms with van der Waals surface area (Å²) in [6.45, 7) is 0. The number of rotatable bonds is 2. The number of benzene rings is 1. The Morgan fingerprint density at radius 3 is 2.44 bits per heavy atom. The number of para-hydroxylation sites is 1. The Labute approximate surface area is 69.9 Å². The predicted molar refractivity (Wildman–Crippen MR) is 43.1 cm³/mol. The van der Waals surface area contributed by atoms with Crippen molar-refractivity contribution in [2.24, 2.45) is 0 Å². The van der Waals surface area contributed by atoms with E-state index in [-0.39, 0.29) is 0 Å². The van der Waals surface area contributed by atoms with Crippen LogP contribution in [-0.2, 0) is 0 Å². The molecule has 0 aliphatic carbocycles. The van der Waals surface area contributed by atoms with Crippen molar-refractivity contribution in [1.29, 1.82) is 0 Å². The second-order valence-electron chi connectivity index (χ2n) is 1.59. The SMILES string of the molecule is [Cl][BiH][NH]c1ccccc1. The predicted octanol–water partition coefficient (Wildman–Crippen LogP) is 1.60. The van der Waals surface area contributed by atoms with Crippen LogP contribution < -0.4 is 3.26 Å². The van der Waals surface area contributed by atoms with Crippen LogP contribution in [0.3, 0.4) is 0 Å². The zero-order valence-electron chi connectivity index (χ0n) is 4.76. The second-order valence-corrected chi connectivity index (χ2v) is 4.95. The maximum atomic E-state index is 5.62. The van der Waals surface area contributed by atoms with E-state index in [1.54, 1.807) is 0 Å². The zero-order chi connectivity index (χ0) is 6.53. The molecule has 0 unspecified atom stereocenters. The molecule has 0 fully saturated rings. The number of anilines is 1. The van der Waals surface area contributed by atoms with E-state index in [1.807, 2.05) is 30.3 Å². The van der Waals surface area contributed by atoms with Crippen molar-refractivity contribution >= 4 is 36.5 Å². The van der Waals surface area contributed by atoms with Gasteiger partial charge in [0.1, 0.15) is 0 Å². The van der Waals surface area contributed by atoms with Gasteiger partial charge in [-0.05, 0) is 0 Å². The Kier molecular flexibility index (Phi) is 3.31. The van der Waals surface area contributed by atoms with E-state index >= 15 is 0 Å². The van der Waals surface area contributed by atoms with Gasteiger partial charge >= 0.3 is 70.1 Å². The molecule has 0 saturated heterocycles. The summed E-state index contributed by atoms with van der Waals surface area (Å²) in [7, 11) is 5.62. The number of hydrogen-bond donors (Lipinski definition) is 1. The van der Waals surface area contributed by atoms with Gasteiger partial charge < -0.3 is 0 Å². The van der Waals surface area contributed by atoms with Crippen molar-refractivity contribution in [1.82, 2.24) is 0 Å². The molecule has 0 bridgehead atoms. The van der Waals surface area contributed by atoms with E-state index in [2.05, 4.69) is 3.26 Å². The second kappa shape index (κ2) is 4.08. The summed E-state index contributed by atoms with van der Waals surface area (Å²) in [5.41, 5.74) is 1.15. The van der Waals surface area contributed by atoms with Crippen LogP contribution in [0, 0.1) is 0 Å². The van der Waals surface area contributed by atoms with Crippen molar-refractivity contribution < 1.29 is 0 Å². The van der Waals surface area contributed by atoms with Gasteiger partial charge in [-0.2, -0.15) is 0 Å². The molecule has 1 aromatic carbocycles. The summed E-state index contributed by atoms with van der Waals surface area (Å²) in [4.78, 5) is 0. The van der Waals surface area contributed by atoms with Crippen molar-refractivity contribution in [3.63, 3.8) is 0 Å². The van der Waals surface area contributed by atoms with Crippen molar-refractivity contribution in [2.75, 3.05) is 3.26 Å². The molecule has 3 heteroatoms. The fraction of sp³-hybridized carbons (Fsp3) is 0. The first kappa shape index (κ1) is 7.30. The molecule has 0 amide bonds. The van der Waals surface area contributed by atoms with E-state index in [9.17, 15) is 0 Å². The number of hydrogen-bond acceptors (Lipinski definition) is 1. The van der Waals surface area contributed by atoms with Gasteiger partial charge in [-0.25, -0.2) is 0 Å². The summed E-state index contributed by atoms with van der Waals surface area (Å²) in [6.07, 6.45) is 0. The first-order valence-corrected chi connectivity index (χ1v) is 9.33. The van der Waals surface area contributed by atoms with Gasteiger partial charge in [0.25, 0.3) is 0 Å². The summed E-state index contributed by atoms with van der Waals surface area (Å²) < 4.78 is 3.17. The van der Waals surface area contributed by atoms with Crippen molar-refractivity contribution in [3.8, 4) is 0 Å². The molecule has 1 aromatic rings. The Morgan fingerprint density at radius 1 is 1.22 bits per heavy atom. The fourth-order valence-electron chi connectivity index (χ4n) is 0.576. The maximum absolute atomic E-state index is 5.62. The average molecular weight is 338 g/mol. The van der Waals surface area contributed by atoms with Crippen LogP contribution in [0.15, 0.2) is 30.3 Å². The number of halogens is 1. The third-order valence-corrected chi connectivity index (χ3v) is 3.28. The molecule has 0 saturated carbocycles. The normalized spacial score (nSPS) is 9.00. The Morgan fingerprint density at radius 2 is 1.89 bits per heavy atom. The van der Waals surface area contributed by atoms with E-state index in [0.29, 0.717) is 0 Å². The fourth-order valence-corrected chi connectivity index (χ4v) is 2.61. The van der Waals surface area contributed by atoms with Crippen molar-refractivity contribution in [2.45, 2.75) is 0 Å². The van der Waals surface area contributed by atoms with Gasteiger partial charge in [0.2, 0.25) is 0 Å². The molecule has 0 radical (unpaired) electrons. The van der Waals surface area contributed by atoms with Gasteiger partial charge in [-0.1, -0.05) is 0 Å². The van der Waals surface area contributed by atoms with Gasteiger partial charge in [0, 0.05) is 0 Å². The monoisotopic (exact) mass is 337 g/mol. The molecular weight excluding hydrogens is 331 g/mol. The van der Waals surface area contributed by atoms with Gasteiger partial charge in [0.15, 0.2) is 0 Å². The minimum atomic E-state index is -0.972. The summed E-state index contributed by atoms with van der Waals surface area (Å²) in [5.74, 6) is 0. The molecule has 0 aliphatic rings. The number of nitrogens with one attached hydrogen (secondary N) is 1. The molecule has 9 heavy (non-hydrogen) atoms. The topological polar surface area (TPSA) is 12.0 Å². The summed E-state index contributed by atoms with van der Waals surface area (Å²) in [6, 6.07) is 10.0. The standard InChI is InChI=1S/C6H6N.Bi.ClH.H/c7-6-4-2-1-3-5-6;;;/h1-5,7H;;1H;/q-1;+2;;/p-1. The van der Waals surface area contributed by atoms with Crippen LogP contribution in [-0.4, -0.2) is 22.3 Å². The molecule has 0 heterocycles. The molecular formula is C6H7BiClN. The van der Waals surface area contributed by atoms with Crippen LogP contribution in [0.25, 0.3) is 0 Å². The quantitative estimate of drug-likeness (QED) is 0.809. The first-order chi connectivity index (χ1) is 4.43.